The number of hydrogen-bond donors (Lipinski definition) is 0. The molecule has 2 aromatic carbocycles. The van der Waals surface area contributed by atoms with Gasteiger partial charge in [-0.1, -0.05) is 29.8 Å². The van der Waals surface area contributed by atoms with Crippen LogP contribution in [0.15, 0.2) is 36.4 Å². The number of rotatable bonds is 4. The summed E-state index contributed by atoms with van der Waals surface area (Å²) in [5, 5.41) is 0.505. The first-order valence-corrected chi connectivity index (χ1v) is 11.8. The van der Waals surface area contributed by atoms with E-state index in [1.807, 2.05) is 4.90 Å². The van der Waals surface area contributed by atoms with Gasteiger partial charge in [-0.25, -0.2) is 0 Å². The number of amides is 2. The van der Waals surface area contributed by atoms with Crippen molar-refractivity contribution in [3.63, 3.8) is 0 Å². The van der Waals surface area contributed by atoms with Crippen molar-refractivity contribution in [3.8, 4) is 5.75 Å². The van der Waals surface area contributed by atoms with Gasteiger partial charge < -0.3 is 14.5 Å². The molecule has 1 unspecified atom stereocenters. The van der Waals surface area contributed by atoms with Gasteiger partial charge in [-0.15, -0.1) is 0 Å². The molecule has 0 aliphatic carbocycles. The predicted octanol–water partition coefficient (Wildman–Crippen LogP) is 5.18. The minimum atomic E-state index is -0.0931. The summed E-state index contributed by atoms with van der Waals surface area (Å²) in [6, 6.07) is 11.8. The monoisotopic (exact) mass is 454 g/mol. The van der Waals surface area contributed by atoms with E-state index in [0.29, 0.717) is 42.3 Å². The molecule has 170 valence electrons. The second-order valence-electron chi connectivity index (χ2n) is 8.94. The van der Waals surface area contributed by atoms with Crippen LogP contribution in [-0.4, -0.2) is 48.4 Å². The van der Waals surface area contributed by atoms with E-state index >= 15 is 0 Å². The van der Waals surface area contributed by atoms with Crippen LogP contribution in [0.3, 0.4) is 0 Å². The minimum Gasteiger partial charge on any atom is -0.496 e. The number of nitrogens with zero attached hydrogens (tertiary/aromatic N) is 2. The van der Waals surface area contributed by atoms with Crippen LogP contribution in [0.25, 0.3) is 0 Å². The van der Waals surface area contributed by atoms with E-state index in [1.165, 1.54) is 16.7 Å². The Bertz CT molecular complexity index is 1010. The molecule has 2 aliphatic rings. The highest BCUT2D eigenvalue weighted by molar-refractivity contribution is 6.31. The number of likely N-dealkylation sites (tertiary alicyclic amines) is 2. The van der Waals surface area contributed by atoms with Crippen LogP contribution in [0.4, 0.5) is 0 Å². The average molecular weight is 455 g/mol. The third-order valence-corrected chi connectivity index (χ3v) is 7.21. The Labute approximate surface area is 195 Å². The summed E-state index contributed by atoms with van der Waals surface area (Å²) < 4.78 is 5.34. The van der Waals surface area contributed by atoms with Crippen molar-refractivity contribution in [2.24, 2.45) is 5.92 Å². The molecule has 4 rings (SSSR count). The highest BCUT2D eigenvalue weighted by Crippen LogP contribution is 2.35. The summed E-state index contributed by atoms with van der Waals surface area (Å²) in [4.78, 5) is 30.3. The maximum Gasteiger partial charge on any atom is 0.257 e. The third-order valence-electron chi connectivity index (χ3n) is 6.97. The van der Waals surface area contributed by atoms with Crippen LogP contribution in [0.1, 0.15) is 58.8 Å². The molecule has 2 aromatic rings. The molecule has 2 heterocycles. The Morgan fingerprint density at radius 2 is 1.72 bits per heavy atom. The quantitative estimate of drug-likeness (QED) is 0.639. The summed E-state index contributed by atoms with van der Waals surface area (Å²) in [5.74, 6) is 0.626. The molecule has 2 fully saturated rings. The molecular formula is C26H31ClN2O3. The van der Waals surface area contributed by atoms with Crippen molar-refractivity contribution in [2.75, 3.05) is 26.7 Å². The fourth-order valence-electron chi connectivity index (χ4n) is 4.93. The first kappa shape index (κ1) is 22.7. The van der Waals surface area contributed by atoms with E-state index in [4.69, 9.17) is 16.3 Å². The van der Waals surface area contributed by atoms with Crippen LogP contribution in [-0.2, 0) is 4.79 Å². The van der Waals surface area contributed by atoms with Gasteiger partial charge in [0.15, 0.2) is 0 Å². The molecular weight excluding hydrogens is 424 g/mol. The normalized spacial score (nSPS) is 19.3. The average Bonchev–Trinajstić information content (AvgIpc) is 3.30. The van der Waals surface area contributed by atoms with Gasteiger partial charge in [0.2, 0.25) is 5.91 Å². The number of methoxy groups -OCH3 is 1. The molecule has 2 aliphatic heterocycles. The number of carbonyl (C=O) groups excluding carboxylic acids is 2. The van der Waals surface area contributed by atoms with E-state index in [2.05, 4.69) is 36.9 Å². The number of ether oxygens (including phenoxy) is 1. The minimum absolute atomic E-state index is 0.0348. The smallest absolute Gasteiger partial charge is 0.257 e. The largest absolute Gasteiger partial charge is 0.496 e. The van der Waals surface area contributed by atoms with Crippen LogP contribution in [0, 0.1) is 19.8 Å². The molecule has 5 nitrogen and oxygen atoms in total. The van der Waals surface area contributed by atoms with E-state index in [-0.39, 0.29) is 23.8 Å². The molecule has 0 spiro atoms. The summed E-state index contributed by atoms with van der Waals surface area (Å²) in [6.07, 6.45) is 3.42. The van der Waals surface area contributed by atoms with Gasteiger partial charge in [0.05, 0.1) is 18.7 Å². The van der Waals surface area contributed by atoms with E-state index in [9.17, 15) is 9.59 Å². The van der Waals surface area contributed by atoms with Crippen molar-refractivity contribution in [1.29, 1.82) is 0 Å². The highest BCUT2D eigenvalue weighted by Gasteiger charge is 2.36. The maximum atomic E-state index is 13.4. The van der Waals surface area contributed by atoms with Gasteiger partial charge in [0.25, 0.3) is 5.91 Å². The number of halogens is 1. The summed E-state index contributed by atoms with van der Waals surface area (Å²) in [6.45, 7) is 6.18. The summed E-state index contributed by atoms with van der Waals surface area (Å²) in [5.41, 5.74) is 4.25. The van der Waals surface area contributed by atoms with E-state index in [0.717, 1.165) is 19.4 Å². The van der Waals surface area contributed by atoms with Gasteiger partial charge in [-0.3, -0.25) is 9.59 Å². The van der Waals surface area contributed by atoms with Gasteiger partial charge >= 0.3 is 0 Å². The standard InChI is InChI=1S/C26H31ClN2O3/c1-17-6-7-20(15-18(17)2)23-5-4-12-29(23)25(30)19-10-13-28(14-11-19)26(31)22-16-21(27)8-9-24(22)32-3/h6-9,15-16,19,23H,4-5,10-14H2,1-3H3. The maximum absolute atomic E-state index is 13.4. The molecule has 0 radical (unpaired) electrons. The number of benzene rings is 2. The van der Waals surface area contributed by atoms with Crippen LogP contribution in [0.2, 0.25) is 5.02 Å². The van der Waals surface area contributed by atoms with Gasteiger partial charge in [-0.05, 0) is 74.4 Å². The van der Waals surface area contributed by atoms with Crippen molar-refractivity contribution in [3.05, 3.63) is 63.7 Å². The Hall–Kier alpha value is -2.53. The topological polar surface area (TPSA) is 49.9 Å². The zero-order valence-electron chi connectivity index (χ0n) is 19.1. The Morgan fingerprint density at radius 1 is 0.969 bits per heavy atom. The second-order valence-corrected chi connectivity index (χ2v) is 9.38. The summed E-state index contributed by atoms with van der Waals surface area (Å²) >= 11 is 6.10. The lowest BCUT2D eigenvalue weighted by molar-refractivity contribution is -0.137. The Morgan fingerprint density at radius 3 is 2.41 bits per heavy atom. The highest BCUT2D eigenvalue weighted by atomic mass is 35.5. The van der Waals surface area contributed by atoms with Crippen molar-refractivity contribution in [1.82, 2.24) is 9.80 Å². The number of hydrogen-bond acceptors (Lipinski definition) is 3. The predicted molar refractivity (Wildman–Crippen MR) is 126 cm³/mol. The number of carbonyl (C=O) groups is 2. The van der Waals surface area contributed by atoms with Crippen LogP contribution >= 0.6 is 11.6 Å². The van der Waals surface area contributed by atoms with Crippen LogP contribution < -0.4 is 4.74 Å². The molecule has 0 aromatic heterocycles. The first-order valence-electron chi connectivity index (χ1n) is 11.4. The van der Waals surface area contributed by atoms with Gasteiger partial charge in [-0.2, -0.15) is 0 Å². The molecule has 1 atom stereocenters. The van der Waals surface area contributed by atoms with E-state index in [1.54, 1.807) is 25.3 Å². The fourth-order valence-corrected chi connectivity index (χ4v) is 5.10. The Balaban J connectivity index is 1.41. The van der Waals surface area contributed by atoms with Crippen LogP contribution in [0.5, 0.6) is 5.75 Å². The number of piperidine rings is 1. The second kappa shape index (κ2) is 9.53. The Kier molecular flexibility index (Phi) is 6.75. The van der Waals surface area contributed by atoms with Crippen molar-refractivity contribution in [2.45, 2.75) is 45.6 Å². The summed E-state index contributed by atoms with van der Waals surface area (Å²) in [7, 11) is 1.55. The van der Waals surface area contributed by atoms with E-state index < -0.39 is 0 Å². The molecule has 0 bridgehead atoms. The lowest BCUT2D eigenvalue weighted by atomic mass is 9.93. The molecule has 0 saturated carbocycles. The third kappa shape index (κ3) is 4.49. The molecule has 32 heavy (non-hydrogen) atoms. The first-order chi connectivity index (χ1) is 15.4. The molecule has 2 amide bonds. The molecule has 0 N–H and O–H groups in total. The SMILES string of the molecule is COc1ccc(Cl)cc1C(=O)N1CCC(C(=O)N2CCCC2c2ccc(C)c(C)c2)CC1. The zero-order chi connectivity index (χ0) is 22.8. The lowest BCUT2D eigenvalue weighted by Gasteiger charge is -2.35. The molecule has 2 saturated heterocycles. The van der Waals surface area contributed by atoms with Gasteiger partial charge in [0.1, 0.15) is 5.75 Å². The van der Waals surface area contributed by atoms with Gasteiger partial charge in [0, 0.05) is 30.6 Å². The fraction of sp³-hybridized carbons (Fsp3) is 0.462. The zero-order valence-corrected chi connectivity index (χ0v) is 19.8. The molecule has 6 heteroatoms. The lowest BCUT2D eigenvalue weighted by Crippen LogP contribution is -2.44. The van der Waals surface area contributed by atoms with Crippen molar-refractivity contribution >= 4 is 23.4 Å². The van der Waals surface area contributed by atoms with Crippen molar-refractivity contribution < 1.29 is 14.3 Å². The number of aryl methyl sites for hydroxylation is 2.